The Hall–Kier alpha value is -1.69. The molecule has 1 aromatic rings. The molecule has 0 spiro atoms. The normalized spacial score (nSPS) is 20.3. The Morgan fingerprint density at radius 1 is 1.14 bits per heavy atom. The molecule has 0 aliphatic carbocycles. The van der Waals surface area contributed by atoms with Crippen molar-refractivity contribution in [3.63, 3.8) is 0 Å². The van der Waals surface area contributed by atoms with Gasteiger partial charge in [-0.3, -0.25) is 4.79 Å². The zero-order valence-corrected chi connectivity index (χ0v) is 12.3. The van der Waals surface area contributed by atoms with E-state index >= 15 is 0 Å². The lowest BCUT2D eigenvalue weighted by atomic mass is 9.99. The molecule has 1 amide bonds. The van der Waals surface area contributed by atoms with Crippen molar-refractivity contribution in [2.75, 3.05) is 36.5 Å². The molecule has 6 nitrogen and oxygen atoms in total. The summed E-state index contributed by atoms with van der Waals surface area (Å²) in [6.45, 7) is 3.38. The lowest BCUT2D eigenvalue weighted by molar-refractivity contribution is -0.122. The lowest BCUT2D eigenvalue weighted by Gasteiger charge is -2.26. The molecule has 3 rings (SSSR count). The monoisotopic (exact) mass is 290 g/mol. The smallest absolute Gasteiger partial charge is 0.227 e. The van der Waals surface area contributed by atoms with E-state index in [1.165, 1.54) is 19.3 Å². The van der Waals surface area contributed by atoms with E-state index in [1.54, 1.807) is 12.4 Å². The fourth-order valence-corrected chi connectivity index (χ4v) is 2.85. The number of hydrogen-bond donors (Lipinski definition) is 1. The van der Waals surface area contributed by atoms with Gasteiger partial charge < -0.3 is 15.0 Å². The Morgan fingerprint density at radius 2 is 1.81 bits per heavy atom. The summed E-state index contributed by atoms with van der Waals surface area (Å²) in [4.78, 5) is 23.1. The number of rotatable bonds is 3. The van der Waals surface area contributed by atoms with Gasteiger partial charge in [0.15, 0.2) is 0 Å². The van der Waals surface area contributed by atoms with E-state index in [4.69, 9.17) is 4.74 Å². The minimum absolute atomic E-state index is 0.0421. The van der Waals surface area contributed by atoms with Crippen molar-refractivity contribution < 1.29 is 9.53 Å². The number of hydrogen-bond acceptors (Lipinski definition) is 5. The van der Waals surface area contributed by atoms with Gasteiger partial charge in [0.2, 0.25) is 11.9 Å². The lowest BCUT2D eigenvalue weighted by Crippen LogP contribution is -2.31. The van der Waals surface area contributed by atoms with Crippen LogP contribution in [0.15, 0.2) is 12.4 Å². The predicted octanol–water partition coefficient (Wildman–Crippen LogP) is 1.83. The maximum absolute atomic E-state index is 12.1. The summed E-state index contributed by atoms with van der Waals surface area (Å²) in [6.07, 6.45) is 8.67. The van der Waals surface area contributed by atoms with Gasteiger partial charge in [-0.1, -0.05) is 0 Å². The summed E-state index contributed by atoms with van der Waals surface area (Å²) in [5, 5.41) is 2.90. The first-order valence-corrected chi connectivity index (χ1v) is 7.78. The van der Waals surface area contributed by atoms with E-state index in [9.17, 15) is 4.79 Å². The Labute approximate surface area is 124 Å². The molecule has 2 saturated heterocycles. The highest BCUT2D eigenvalue weighted by Gasteiger charge is 2.22. The average molecular weight is 290 g/mol. The highest BCUT2D eigenvalue weighted by molar-refractivity contribution is 5.92. The molecule has 3 heterocycles. The van der Waals surface area contributed by atoms with Crippen LogP contribution in [0.2, 0.25) is 0 Å². The number of aromatic nitrogens is 2. The molecule has 0 bridgehead atoms. The second kappa shape index (κ2) is 6.85. The van der Waals surface area contributed by atoms with Crippen molar-refractivity contribution in [2.45, 2.75) is 32.1 Å². The molecular weight excluding hydrogens is 268 g/mol. The molecule has 0 aromatic carbocycles. The number of carbonyl (C=O) groups excluding carboxylic acids is 1. The number of amides is 1. The molecular formula is C15H22N4O2. The molecule has 2 aliphatic rings. The number of piperidine rings is 1. The van der Waals surface area contributed by atoms with Gasteiger partial charge in [0.05, 0.1) is 18.1 Å². The molecule has 0 atom stereocenters. The van der Waals surface area contributed by atoms with Gasteiger partial charge in [-0.2, -0.15) is 0 Å². The summed E-state index contributed by atoms with van der Waals surface area (Å²) < 4.78 is 5.27. The third-order valence-electron chi connectivity index (χ3n) is 4.14. The highest BCUT2D eigenvalue weighted by atomic mass is 16.5. The molecule has 2 aliphatic heterocycles. The van der Waals surface area contributed by atoms with Crippen molar-refractivity contribution in [1.29, 1.82) is 0 Å². The SMILES string of the molecule is O=C(Nc1cnc(N2CCCCC2)nc1)C1CCOCC1. The van der Waals surface area contributed by atoms with Crippen LogP contribution in [0.1, 0.15) is 32.1 Å². The third-order valence-corrected chi connectivity index (χ3v) is 4.14. The van der Waals surface area contributed by atoms with E-state index < -0.39 is 0 Å². The predicted molar refractivity (Wildman–Crippen MR) is 80.3 cm³/mol. The van der Waals surface area contributed by atoms with Crippen molar-refractivity contribution in [3.8, 4) is 0 Å². The first-order chi connectivity index (χ1) is 10.3. The van der Waals surface area contributed by atoms with Crippen molar-refractivity contribution in [2.24, 2.45) is 5.92 Å². The van der Waals surface area contributed by atoms with Gasteiger partial charge in [-0.15, -0.1) is 0 Å². The van der Waals surface area contributed by atoms with Crippen LogP contribution in [0.5, 0.6) is 0 Å². The van der Waals surface area contributed by atoms with Crippen LogP contribution in [0.3, 0.4) is 0 Å². The van der Waals surface area contributed by atoms with E-state index in [1.807, 2.05) is 0 Å². The highest BCUT2D eigenvalue weighted by Crippen LogP contribution is 2.19. The average Bonchev–Trinajstić information content (AvgIpc) is 2.57. The number of ether oxygens (including phenoxy) is 1. The van der Waals surface area contributed by atoms with Gasteiger partial charge in [0, 0.05) is 32.2 Å². The van der Waals surface area contributed by atoms with Crippen LogP contribution in [-0.2, 0) is 9.53 Å². The topological polar surface area (TPSA) is 67.4 Å². The summed E-state index contributed by atoms with van der Waals surface area (Å²) in [5.74, 6) is 0.854. The quantitative estimate of drug-likeness (QED) is 0.920. The fraction of sp³-hybridized carbons (Fsp3) is 0.667. The van der Waals surface area contributed by atoms with Crippen molar-refractivity contribution >= 4 is 17.5 Å². The second-order valence-electron chi connectivity index (χ2n) is 5.70. The van der Waals surface area contributed by atoms with Crippen LogP contribution in [0.4, 0.5) is 11.6 Å². The van der Waals surface area contributed by atoms with E-state index in [-0.39, 0.29) is 11.8 Å². The van der Waals surface area contributed by atoms with Crippen LogP contribution in [0.25, 0.3) is 0 Å². The number of anilines is 2. The van der Waals surface area contributed by atoms with E-state index in [0.29, 0.717) is 18.9 Å². The fourth-order valence-electron chi connectivity index (χ4n) is 2.85. The van der Waals surface area contributed by atoms with Gasteiger partial charge in [0.25, 0.3) is 0 Å². The molecule has 0 unspecified atom stereocenters. The minimum atomic E-state index is 0.0421. The molecule has 0 radical (unpaired) electrons. The van der Waals surface area contributed by atoms with E-state index in [2.05, 4.69) is 20.2 Å². The molecule has 114 valence electrons. The van der Waals surface area contributed by atoms with Crippen LogP contribution >= 0.6 is 0 Å². The summed E-state index contributed by atoms with van der Waals surface area (Å²) in [7, 11) is 0. The summed E-state index contributed by atoms with van der Waals surface area (Å²) >= 11 is 0. The standard InChI is InChI=1S/C15H22N4O2/c20-14(12-4-8-21-9-5-12)18-13-10-16-15(17-11-13)19-6-2-1-3-7-19/h10-12H,1-9H2,(H,18,20). The third kappa shape index (κ3) is 3.69. The largest absolute Gasteiger partial charge is 0.381 e. The summed E-state index contributed by atoms with van der Waals surface area (Å²) in [5.41, 5.74) is 0.673. The molecule has 21 heavy (non-hydrogen) atoms. The van der Waals surface area contributed by atoms with Gasteiger partial charge >= 0.3 is 0 Å². The van der Waals surface area contributed by atoms with E-state index in [0.717, 1.165) is 31.9 Å². The van der Waals surface area contributed by atoms with Gasteiger partial charge in [-0.25, -0.2) is 9.97 Å². The molecule has 6 heteroatoms. The molecule has 1 N–H and O–H groups in total. The van der Waals surface area contributed by atoms with Crippen molar-refractivity contribution in [3.05, 3.63) is 12.4 Å². The Kier molecular flexibility index (Phi) is 4.65. The van der Waals surface area contributed by atoms with Crippen LogP contribution in [-0.4, -0.2) is 42.2 Å². The van der Waals surface area contributed by atoms with Crippen LogP contribution < -0.4 is 10.2 Å². The maximum Gasteiger partial charge on any atom is 0.227 e. The molecule has 1 aromatic heterocycles. The second-order valence-corrected chi connectivity index (χ2v) is 5.70. The Balaban J connectivity index is 1.57. The first-order valence-electron chi connectivity index (χ1n) is 7.78. The van der Waals surface area contributed by atoms with Gasteiger partial charge in [-0.05, 0) is 32.1 Å². The van der Waals surface area contributed by atoms with Crippen molar-refractivity contribution in [1.82, 2.24) is 9.97 Å². The molecule has 2 fully saturated rings. The molecule has 0 saturated carbocycles. The minimum Gasteiger partial charge on any atom is -0.381 e. The Bertz CT molecular complexity index is 465. The van der Waals surface area contributed by atoms with Crippen LogP contribution in [0, 0.1) is 5.92 Å². The Morgan fingerprint density at radius 3 is 2.48 bits per heavy atom. The summed E-state index contributed by atoms with van der Waals surface area (Å²) in [6, 6.07) is 0. The maximum atomic E-state index is 12.1. The zero-order chi connectivity index (χ0) is 14.5. The first kappa shape index (κ1) is 14.3. The zero-order valence-electron chi connectivity index (χ0n) is 12.3. The van der Waals surface area contributed by atoms with Gasteiger partial charge in [0.1, 0.15) is 0 Å². The number of carbonyl (C=O) groups is 1. The number of nitrogens with one attached hydrogen (secondary N) is 1. The number of nitrogens with zero attached hydrogens (tertiary/aromatic N) is 3.